The number of hydrogen-bond acceptors (Lipinski definition) is 5. The van der Waals surface area contributed by atoms with E-state index in [2.05, 4.69) is 26.9 Å². The lowest BCUT2D eigenvalue weighted by molar-refractivity contribution is 0.596. The SMILES string of the molecule is CCCCCCNC1=NS(=O)(=O)c2cnccc2N1. The Morgan fingerprint density at radius 1 is 1.32 bits per heavy atom. The van der Waals surface area contributed by atoms with Crippen LogP contribution in [0.2, 0.25) is 0 Å². The maximum Gasteiger partial charge on any atom is 0.289 e. The number of nitrogens with zero attached hydrogens (tertiary/aromatic N) is 2. The molecule has 104 valence electrons. The second-order valence-corrected chi connectivity index (χ2v) is 5.97. The van der Waals surface area contributed by atoms with Crippen molar-refractivity contribution in [1.29, 1.82) is 0 Å². The summed E-state index contributed by atoms with van der Waals surface area (Å²) < 4.78 is 27.5. The van der Waals surface area contributed by atoms with E-state index in [1.807, 2.05) is 0 Å². The molecule has 0 aromatic carbocycles. The first-order valence-corrected chi connectivity index (χ1v) is 7.87. The summed E-state index contributed by atoms with van der Waals surface area (Å²) in [5.41, 5.74) is 0.515. The minimum Gasteiger partial charge on any atom is -0.355 e. The van der Waals surface area contributed by atoms with E-state index in [4.69, 9.17) is 0 Å². The lowest BCUT2D eigenvalue weighted by Crippen LogP contribution is -2.35. The van der Waals surface area contributed by atoms with E-state index in [-0.39, 0.29) is 10.9 Å². The fraction of sp³-hybridized carbons (Fsp3) is 0.500. The summed E-state index contributed by atoms with van der Waals surface area (Å²) in [5, 5.41) is 5.98. The van der Waals surface area contributed by atoms with Crippen LogP contribution in [0.4, 0.5) is 5.69 Å². The molecule has 0 aliphatic carbocycles. The van der Waals surface area contributed by atoms with Gasteiger partial charge in [0.05, 0.1) is 5.69 Å². The van der Waals surface area contributed by atoms with Gasteiger partial charge in [-0.05, 0) is 12.5 Å². The summed E-state index contributed by atoms with van der Waals surface area (Å²) in [5.74, 6) is 0.287. The smallest absolute Gasteiger partial charge is 0.289 e. The summed E-state index contributed by atoms with van der Waals surface area (Å²) in [6.45, 7) is 2.86. The van der Waals surface area contributed by atoms with Crippen molar-refractivity contribution in [3.05, 3.63) is 18.5 Å². The van der Waals surface area contributed by atoms with E-state index < -0.39 is 10.0 Å². The molecule has 2 rings (SSSR count). The Kier molecular flexibility index (Phi) is 4.36. The zero-order valence-corrected chi connectivity index (χ0v) is 11.7. The number of aromatic nitrogens is 1. The molecule has 2 heterocycles. The number of guanidine groups is 1. The van der Waals surface area contributed by atoms with E-state index in [0.717, 1.165) is 12.8 Å². The number of pyridine rings is 1. The highest BCUT2D eigenvalue weighted by molar-refractivity contribution is 7.90. The van der Waals surface area contributed by atoms with Crippen LogP contribution in [0.3, 0.4) is 0 Å². The molecular weight excluding hydrogens is 264 g/mol. The third kappa shape index (κ3) is 3.44. The van der Waals surface area contributed by atoms with E-state index in [1.165, 1.54) is 19.0 Å². The van der Waals surface area contributed by atoms with Gasteiger partial charge in [0.15, 0.2) is 0 Å². The average molecular weight is 282 g/mol. The second kappa shape index (κ2) is 6.01. The van der Waals surface area contributed by atoms with Crippen molar-refractivity contribution in [2.45, 2.75) is 37.5 Å². The number of sulfonamides is 1. The summed E-state index contributed by atoms with van der Waals surface area (Å²) in [7, 11) is -3.64. The maximum absolute atomic E-state index is 11.9. The van der Waals surface area contributed by atoms with Gasteiger partial charge in [-0.15, -0.1) is 4.40 Å². The van der Waals surface area contributed by atoms with E-state index in [1.54, 1.807) is 12.3 Å². The number of fused-ring (bicyclic) bond motifs is 1. The molecule has 0 amide bonds. The zero-order chi connectivity index (χ0) is 13.7. The van der Waals surface area contributed by atoms with Gasteiger partial charge >= 0.3 is 0 Å². The Hall–Kier alpha value is -1.63. The standard InChI is InChI=1S/C12H18N4O2S/c1-2-3-4-5-7-14-12-15-10-6-8-13-9-11(10)19(17,18)16-12/h6,8-9H,2-5,7H2,1H3,(H2,14,15,16). The molecule has 0 saturated heterocycles. The minimum atomic E-state index is -3.64. The van der Waals surface area contributed by atoms with E-state index in [9.17, 15) is 8.42 Å². The van der Waals surface area contributed by atoms with E-state index in [0.29, 0.717) is 12.2 Å². The third-order valence-electron chi connectivity index (χ3n) is 2.85. The highest BCUT2D eigenvalue weighted by Gasteiger charge is 2.24. The topological polar surface area (TPSA) is 83.5 Å². The van der Waals surface area contributed by atoms with Crippen LogP contribution < -0.4 is 10.6 Å². The Morgan fingerprint density at radius 3 is 2.95 bits per heavy atom. The predicted molar refractivity (Wildman–Crippen MR) is 74.6 cm³/mol. The molecule has 0 unspecified atom stereocenters. The number of unbranched alkanes of at least 4 members (excludes halogenated alkanes) is 3. The first kappa shape index (κ1) is 13.8. The molecule has 1 aliphatic rings. The van der Waals surface area contributed by atoms with Crippen molar-refractivity contribution in [2.75, 3.05) is 11.9 Å². The summed E-state index contributed by atoms with van der Waals surface area (Å²) in [4.78, 5) is 3.92. The summed E-state index contributed by atoms with van der Waals surface area (Å²) in [6, 6.07) is 1.63. The van der Waals surface area contributed by atoms with Gasteiger partial charge in [0.2, 0.25) is 5.96 Å². The highest BCUT2D eigenvalue weighted by Crippen LogP contribution is 2.24. The van der Waals surface area contributed by atoms with Crippen LogP contribution in [0, 0.1) is 0 Å². The fourth-order valence-electron chi connectivity index (χ4n) is 1.84. The number of nitrogens with one attached hydrogen (secondary N) is 2. The Balaban J connectivity index is 2.00. The van der Waals surface area contributed by atoms with Gasteiger partial charge in [-0.1, -0.05) is 26.2 Å². The Morgan fingerprint density at radius 2 is 2.16 bits per heavy atom. The molecule has 0 atom stereocenters. The minimum absolute atomic E-state index is 0.117. The normalized spacial score (nSPS) is 16.2. The predicted octanol–water partition coefficient (Wildman–Crippen LogP) is 1.72. The van der Waals surface area contributed by atoms with Crippen molar-refractivity contribution in [1.82, 2.24) is 10.3 Å². The van der Waals surface area contributed by atoms with Crippen LogP contribution >= 0.6 is 0 Å². The van der Waals surface area contributed by atoms with Gasteiger partial charge in [-0.25, -0.2) is 0 Å². The van der Waals surface area contributed by atoms with Crippen LogP contribution in [-0.2, 0) is 10.0 Å². The summed E-state index contributed by atoms with van der Waals surface area (Å²) >= 11 is 0. The highest BCUT2D eigenvalue weighted by atomic mass is 32.2. The quantitative estimate of drug-likeness (QED) is 0.803. The lowest BCUT2D eigenvalue weighted by atomic mass is 10.2. The number of anilines is 1. The Bertz CT molecular complexity index is 569. The lowest BCUT2D eigenvalue weighted by Gasteiger charge is -2.18. The largest absolute Gasteiger partial charge is 0.355 e. The first-order valence-electron chi connectivity index (χ1n) is 6.43. The van der Waals surface area contributed by atoms with Crippen LogP contribution in [0.5, 0.6) is 0 Å². The second-order valence-electron chi connectivity index (χ2n) is 4.40. The molecular formula is C12H18N4O2S. The molecule has 0 radical (unpaired) electrons. The molecule has 19 heavy (non-hydrogen) atoms. The number of hydrogen-bond donors (Lipinski definition) is 2. The monoisotopic (exact) mass is 282 g/mol. The zero-order valence-electron chi connectivity index (χ0n) is 10.9. The van der Waals surface area contributed by atoms with Crippen molar-refractivity contribution < 1.29 is 8.42 Å². The van der Waals surface area contributed by atoms with E-state index >= 15 is 0 Å². The van der Waals surface area contributed by atoms with Gasteiger partial charge in [-0.2, -0.15) is 8.42 Å². The van der Waals surface area contributed by atoms with Crippen LogP contribution in [0.1, 0.15) is 32.6 Å². The first-order chi connectivity index (χ1) is 9.13. The molecule has 0 bridgehead atoms. The molecule has 0 saturated carbocycles. The molecule has 2 N–H and O–H groups in total. The molecule has 0 spiro atoms. The van der Waals surface area contributed by atoms with Gasteiger partial charge < -0.3 is 10.6 Å². The van der Waals surface area contributed by atoms with Crippen molar-refractivity contribution in [3.8, 4) is 0 Å². The van der Waals surface area contributed by atoms with Crippen molar-refractivity contribution in [3.63, 3.8) is 0 Å². The van der Waals surface area contributed by atoms with Gasteiger partial charge in [0, 0.05) is 18.9 Å². The molecule has 0 fully saturated rings. The van der Waals surface area contributed by atoms with Gasteiger partial charge in [0.25, 0.3) is 10.0 Å². The van der Waals surface area contributed by atoms with Crippen molar-refractivity contribution in [2.24, 2.45) is 4.40 Å². The molecule has 6 nitrogen and oxygen atoms in total. The van der Waals surface area contributed by atoms with Gasteiger partial charge in [-0.3, -0.25) is 4.98 Å². The van der Waals surface area contributed by atoms with Crippen molar-refractivity contribution >= 4 is 21.7 Å². The summed E-state index contributed by atoms with van der Waals surface area (Å²) in [6.07, 6.45) is 7.34. The molecule has 1 aromatic heterocycles. The number of rotatable bonds is 5. The van der Waals surface area contributed by atoms with Gasteiger partial charge in [0.1, 0.15) is 4.90 Å². The van der Waals surface area contributed by atoms with Crippen LogP contribution in [0.25, 0.3) is 0 Å². The Labute approximate surface area is 113 Å². The average Bonchev–Trinajstić information content (AvgIpc) is 2.38. The fourth-order valence-corrected chi connectivity index (χ4v) is 2.88. The molecule has 1 aromatic rings. The van der Waals surface area contributed by atoms with Crippen LogP contribution in [0.15, 0.2) is 27.8 Å². The van der Waals surface area contributed by atoms with Crippen LogP contribution in [-0.4, -0.2) is 25.9 Å². The molecule has 7 heteroatoms. The molecule has 1 aliphatic heterocycles. The maximum atomic E-state index is 11.9. The third-order valence-corrected chi connectivity index (χ3v) is 4.15.